The van der Waals surface area contributed by atoms with Gasteiger partial charge in [0, 0.05) is 16.9 Å². The lowest BCUT2D eigenvalue weighted by molar-refractivity contribution is -0.116. The summed E-state index contributed by atoms with van der Waals surface area (Å²) >= 11 is 6.29. The van der Waals surface area contributed by atoms with E-state index in [9.17, 15) is 4.79 Å². The van der Waals surface area contributed by atoms with Gasteiger partial charge in [-0.3, -0.25) is 4.79 Å². The van der Waals surface area contributed by atoms with E-state index < -0.39 is 6.04 Å². The minimum Gasteiger partial charge on any atom is -0.324 e. The molecule has 0 spiro atoms. The summed E-state index contributed by atoms with van der Waals surface area (Å²) in [5, 5.41) is 3.30. The first kappa shape index (κ1) is 12.2. The molecular weight excluding hydrogens is 264 g/mol. The molecule has 3 N–H and O–H groups in total. The van der Waals surface area contributed by atoms with Gasteiger partial charge in [-0.2, -0.15) is 0 Å². The van der Waals surface area contributed by atoms with Gasteiger partial charge in [0.2, 0.25) is 5.91 Å². The van der Waals surface area contributed by atoms with E-state index in [0.717, 1.165) is 22.6 Å². The maximum absolute atomic E-state index is 11.6. The summed E-state index contributed by atoms with van der Waals surface area (Å²) < 4.78 is 1.90. The van der Waals surface area contributed by atoms with Crippen molar-refractivity contribution in [2.75, 3.05) is 5.32 Å². The highest BCUT2D eigenvalue weighted by Crippen LogP contribution is 2.36. The number of hydrogen-bond acceptors (Lipinski definition) is 3. The van der Waals surface area contributed by atoms with E-state index in [0.29, 0.717) is 10.7 Å². The van der Waals surface area contributed by atoms with Crippen LogP contribution in [0.5, 0.6) is 0 Å². The Labute approximate surface area is 115 Å². The molecule has 0 radical (unpaired) electrons. The predicted octanol–water partition coefficient (Wildman–Crippen LogP) is 2.09. The molecule has 1 aliphatic heterocycles. The summed E-state index contributed by atoms with van der Waals surface area (Å²) in [6.07, 6.45) is 1.72. The van der Waals surface area contributed by atoms with Gasteiger partial charge in [0.05, 0.1) is 22.7 Å². The maximum atomic E-state index is 11.6. The van der Waals surface area contributed by atoms with Crippen LogP contribution in [-0.2, 0) is 4.79 Å². The highest BCUT2D eigenvalue weighted by molar-refractivity contribution is 6.32. The molecule has 0 bridgehead atoms. The molecule has 1 atom stereocenters. The monoisotopic (exact) mass is 276 g/mol. The largest absolute Gasteiger partial charge is 0.324 e. The van der Waals surface area contributed by atoms with Crippen LogP contribution < -0.4 is 11.1 Å². The van der Waals surface area contributed by atoms with Gasteiger partial charge in [-0.15, -0.1) is 0 Å². The van der Waals surface area contributed by atoms with Crippen LogP contribution in [0.15, 0.2) is 18.5 Å². The molecule has 1 aromatic heterocycles. The fourth-order valence-electron chi connectivity index (χ4n) is 2.22. The number of amides is 1. The zero-order valence-corrected chi connectivity index (χ0v) is 11.3. The van der Waals surface area contributed by atoms with Crippen LogP contribution >= 0.6 is 11.6 Å². The lowest BCUT2D eigenvalue weighted by Gasteiger charge is -2.11. The molecule has 98 valence electrons. The lowest BCUT2D eigenvalue weighted by atomic mass is 10.1. The van der Waals surface area contributed by atoms with Crippen LogP contribution in [-0.4, -0.2) is 15.5 Å². The third-order valence-electron chi connectivity index (χ3n) is 3.51. The van der Waals surface area contributed by atoms with E-state index in [1.165, 1.54) is 0 Å². The second-order valence-corrected chi connectivity index (χ2v) is 5.05. The lowest BCUT2D eigenvalue weighted by Crippen LogP contribution is -2.19. The first-order valence-electron chi connectivity index (χ1n) is 5.90. The van der Waals surface area contributed by atoms with Gasteiger partial charge in [0.25, 0.3) is 0 Å². The number of anilines is 1. The smallest absolute Gasteiger partial charge is 0.245 e. The maximum Gasteiger partial charge on any atom is 0.245 e. The van der Waals surface area contributed by atoms with Crippen molar-refractivity contribution in [3.63, 3.8) is 0 Å². The third kappa shape index (κ3) is 1.74. The molecule has 0 saturated carbocycles. The van der Waals surface area contributed by atoms with Crippen LogP contribution in [0.4, 0.5) is 5.69 Å². The van der Waals surface area contributed by atoms with Gasteiger partial charge in [-0.25, -0.2) is 4.98 Å². The fraction of sp³-hybridized carbons (Fsp3) is 0.231. The summed E-state index contributed by atoms with van der Waals surface area (Å²) in [6, 6.07) is 2.92. The van der Waals surface area contributed by atoms with Crippen molar-refractivity contribution in [2.45, 2.75) is 19.9 Å². The quantitative estimate of drug-likeness (QED) is 0.838. The molecule has 0 saturated heterocycles. The first-order valence-corrected chi connectivity index (χ1v) is 6.27. The molecule has 2 aromatic rings. The summed E-state index contributed by atoms with van der Waals surface area (Å²) in [5.41, 5.74) is 9.97. The Balaban J connectivity index is 2.18. The molecular formula is C13H13ClN4O. The highest BCUT2D eigenvalue weighted by atomic mass is 35.5. The van der Waals surface area contributed by atoms with Crippen molar-refractivity contribution in [3.05, 3.63) is 40.4 Å². The summed E-state index contributed by atoms with van der Waals surface area (Å²) in [5.74, 6) is -0.207. The molecule has 1 aliphatic rings. The molecule has 1 aromatic carbocycles. The molecule has 3 rings (SSSR count). The number of imidazole rings is 1. The predicted molar refractivity (Wildman–Crippen MR) is 73.6 cm³/mol. The second-order valence-electron chi connectivity index (χ2n) is 4.64. The van der Waals surface area contributed by atoms with Gasteiger partial charge in [0.1, 0.15) is 6.04 Å². The van der Waals surface area contributed by atoms with Gasteiger partial charge in [0.15, 0.2) is 0 Å². The number of benzene rings is 1. The van der Waals surface area contributed by atoms with E-state index in [-0.39, 0.29) is 5.91 Å². The van der Waals surface area contributed by atoms with Crippen LogP contribution in [0.3, 0.4) is 0 Å². The number of fused-ring (bicyclic) bond motifs is 1. The fourth-order valence-corrected chi connectivity index (χ4v) is 2.48. The minimum absolute atomic E-state index is 0.207. The average molecular weight is 277 g/mol. The van der Waals surface area contributed by atoms with Crippen molar-refractivity contribution in [1.29, 1.82) is 0 Å². The van der Waals surface area contributed by atoms with Crippen LogP contribution in [0.2, 0.25) is 5.02 Å². The van der Waals surface area contributed by atoms with E-state index in [1.54, 1.807) is 12.4 Å². The standard InChI is InChI=1S/C13H13ClN4O/c1-6-7(2)18(5-16-6)11-4-10-8(3-9(11)14)12(15)13(19)17-10/h3-5,12H,15H2,1-2H3,(H,17,19). The van der Waals surface area contributed by atoms with E-state index in [1.807, 2.05) is 24.5 Å². The Morgan fingerprint density at radius 3 is 2.79 bits per heavy atom. The molecule has 6 heteroatoms. The summed E-state index contributed by atoms with van der Waals surface area (Å²) in [4.78, 5) is 15.8. The van der Waals surface area contributed by atoms with Gasteiger partial charge in [-0.1, -0.05) is 11.6 Å². The Kier molecular flexibility index (Phi) is 2.62. The number of nitrogens with one attached hydrogen (secondary N) is 1. The Morgan fingerprint density at radius 1 is 1.42 bits per heavy atom. The number of carbonyl (C=O) groups excluding carboxylic acids is 1. The molecule has 0 aliphatic carbocycles. The number of carbonyl (C=O) groups is 1. The number of nitrogens with zero attached hydrogens (tertiary/aromatic N) is 2. The molecule has 1 amide bonds. The van der Waals surface area contributed by atoms with Gasteiger partial charge >= 0.3 is 0 Å². The van der Waals surface area contributed by atoms with Crippen molar-refractivity contribution in [1.82, 2.24) is 9.55 Å². The number of hydrogen-bond donors (Lipinski definition) is 2. The Morgan fingerprint density at radius 2 is 2.16 bits per heavy atom. The molecule has 5 nitrogen and oxygen atoms in total. The number of halogens is 1. The second kappa shape index (κ2) is 4.08. The highest BCUT2D eigenvalue weighted by Gasteiger charge is 2.28. The van der Waals surface area contributed by atoms with Crippen molar-refractivity contribution >= 4 is 23.2 Å². The Bertz CT molecular complexity index is 692. The van der Waals surface area contributed by atoms with Crippen LogP contribution in [0, 0.1) is 13.8 Å². The van der Waals surface area contributed by atoms with Crippen molar-refractivity contribution in [2.24, 2.45) is 5.73 Å². The molecule has 1 unspecified atom stereocenters. The minimum atomic E-state index is -0.646. The molecule has 0 fully saturated rings. The molecule has 2 heterocycles. The normalized spacial score (nSPS) is 17.5. The molecule has 19 heavy (non-hydrogen) atoms. The van der Waals surface area contributed by atoms with Crippen molar-refractivity contribution in [3.8, 4) is 5.69 Å². The number of nitrogens with two attached hydrogens (primary N) is 1. The SMILES string of the molecule is Cc1ncn(-c2cc3c(cc2Cl)C(N)C(=O)N3)c1C. The van der Waals surface area contributed by atoms with Crippen LogP contribution in [0.1, 0.15) is 23.0 Å². The topological polar surface area (TPSA) is 72.9 Å². The van der Waals surface area contributed by atoms with Crippen molar-refractivity contribution < 1.29 is 4.79 Å². The van der Waals surface area contributed by atoms with Gasteiger partial charge in [-0.05, 0) is 26.0 Å². The van der Waals surface area contributed by atoms with E-state index >= 15 is 0 Å². The zero-order chi connectivity index (χ0) is 13.7. The van der Waals surface area contributed by atoms with Crippen LogP contribution in [0.25, 0.3) is 5.69 Å². The van der Waals surface area contributed by atoms with E-state index in [2.05, 4.69) is 10.3 Å². The summed E-state index contributed by atoms with van der Waals surface area (Å²) in [6.45, 7) is 3.90. The number of aryl methyl sites for hydroxylation is 1. The summed E-state index contributed by atoms with van der Waals surface area (Å²) in [7, 11) is 0. The zero-order valence-electron chi connectivity index (χ0n) is 10.6. The first-order chi connectivity index (χ1) is 8.99. The third-order valence-corrected chi connectivity index (χ3v) is 3.81. The number of aromatic nitrogens is 2. The Hall–Kier alpha value is -1.85. The average Bonchev–Trinajstić information content (AvgIpc) is 2.83. The van der Waals surface area contributed by atoms with E-state index in [4.69, 9.17) is 17.3 Å². The number of rotatable bonds is 1. The van der Waals surface area contributed by atoms with Gasteiger partial charge < -0.3 is 15.6 Å².